The number of benzene rings is 2. The third kappa shape index (κ3) is 4.76. The molecule has 2 fully saturated rings. The van der Waals surface area contributed by atoms with Crippen LogP contribution >= 0.6 is 0 Å². The summed E-state index contributed by atoms with van der Waals surface area (Å²) >= 11 is 0. The van der Waals surface area contributed by atoms with E-state index in [1.165, 1.54) is 14.0 Å². The maximum Gasteiger partial charge on any atom is 0.344 e. The van der Waals surface area contributed by atoms with Gasteiger partial charge in [-0.05, 0) is 55.5 Å². The SMILES string of the molecule is CC[C@@H]1C=[N+]2CCc3c([nH]c4ccccc34)[C@@](C(=O)[O-])(c3cc4c(cc3OC)N(C)C3C(O)(C(=O)OC)C(OC(C)=O)C5C=CCN6CCC43C56)C[C@H](C1)C2. The summed E-state index contributed by atoms with van der Waals surface area (Å²) < 4.78 is 19.9. The number of aromatic amines is 1. The van der Waals surface area contributed by atoms with Crippen LogP contribution in [0.15, 0.2) is 48.6 Å². The molecule has 1 saturated heterocycles. The van der Waals surface area contributed by atoms with Gasteiger partial charge in [-0.15, -0.1) is 0 Å². The van der Waals surface area contributed by atoms with Gasteiger partial charge in [-0.25, -0.2) is 9.37 Å². The van der Waals surface area contributed by atoms with Gasteiger partial charge in [0.25, 0.3) is 0 Å². The molecular formula is C43H50N4O8. The van der Waals surface area contributed by atoms with Gasteiger partial charge < -0.3 is 39.1 Å². The molecule has 9 rings (SSSR count). The largest absolute Gasteiger partial charge is 0.549 e. The number of carboxylic acids is 1. The predicted molar refractivity (Wildman–Crippen MR) is 202 cm³/mol. The quantitative estimate of drug-likeness (QED) is 0.219. The highest BCUT2D eigenvalue weighted by molar-refractivity contribution is 5.93. The van der Waals surface area contributed by atoms with E-state index in [1.54, 1.807) is 7.11 Å². The lowest BCUT2D eigenvalue weighted by molar-refractivity contribution is -0.537. The first kappa shape index (κ1) is 36.0. The first-order valence-electron chi connectivity index (χ1n) is 19.7. The van der Waals surface area contributed by atoms with Crippen molar-refractivity contribution in [1.29, 1.82) is 0 Å². The van der Waals surface area contributed by atoms with E-state index in [0.717, 1.165) is 48.0 Å². The van der Waals surface area contributed by atoms with Crippen LogP contribution in [-0.4, -0.2) is 115 Å². The van der Waals surface area contributed by atoms with E-state index in [1.807, 2.05) is 54.4 Å². The maximum absolute atomic E-state index is 14.5. The first-order chi connectivity index (χ1) is 26.4. The summed E-state index contributed by atoms with van der Waals surface area (Å²) in [5, 5.41) is 28.4. The number of hydrogen-bond acceptors (Lipinski definition) is 10. The smallest absolute Gasteiger partial charge is 0.344 e. The van der Waals surface area contributed by atoms with Gasteiger partial charge in [0.15, 0.2) is 6.10 Å². The number of likely N-dealkylation sites (N-methyl/N-ethyl adjacent to an activating group) is 1. The molecule has 1 aliphatic carbocycles. The lowest BCUT2D eigenvalue weighted by Gasteiger charge is -2.58. The molecule has 3 aromatic rings. The van der Waals surface area contributed by atoms with E-state index in [9.17, 15) is 24.6 Å². The highest BCUT2D eigenvalue weighted by atomic mass is 16.6. The Kier molecular flexibility index (Phi) is 8.29. The van der Waals surface area contributed by atoms with Crippen LogP contribution in [0, 0.1) is 17.8 Å². The molecule has 55 heavy (non-hydrogen) atoms. The number of para-hydroxylation sites is 1. The Morgan fingerprint density at radius 1 is 1.15 bits per heavy atom. The van der Waals surface area contributed by atoms with Crippen LogP contribution in [-0.2, 0) is 41.1 Å². The Morgan fingerprint density at radius 3 is 2.67 bits per heavy atom. The normalized spacial score (nSPS) is 34.7. The molecule has 1 aromatic heterocycles. The summed E-state index contributed by atoms with van der Waals surface area (Å²) in [5.74, 6) is -2.51. The van der Waals surface area contributed by atoms with Crippen molar-refractivity contribution in [3.8, 4) is 5.75 Å². The van der Waals surface area contributed by atoms with Gasteiger partial charge >= 0.3 is 11.9 Å². The maximum atomic E-state index is 14.5. The standard InChI is InChI=1S/C43H50N4O8/c1-6-25-18-26-21-42(39(49)50,35-28(13-16-46(22-25)23-26)27-10-7-8-12-32(27)44-35)31-19-30-33(20-34(31)53-4)45(3)38-41(30)14-17-47-15-9-11-29(36(41)47)37(55-24(2)48)43(38,52)40(51)54-5/h7-12,19-20,22,25-26,29,36-38,44,52H,6,13-18,21,23H2,1-5H3/t25-,26-,29?,36?,37?,38?,41?,42-,43?/m0/s1. The zero-order valence-corrected chi connectivity index (χ0v) is 32.2. The number of aliphatic carboxylic acids is 1. The molecule has 2 N–H and O–H groups in total. The molecule has 6 heterocycles. The monoisotopic (exact) mass is 750 g/mol. The topological polar surface area (TPSA) is 147 Å². The number of esters is 2. The molecule has 0 amide bonds. The number of carboxylic acid groups (broad SMARTS) is 1. The number of rotatable bonds is 6. The molecule has 1 saturated carbocycles. The van der Waals surface area contributed by atoms with Crippen molar-refractivity contribution < 1.29 is 43.4 Å². The van der Waals surface area contributed by atoms with Crippen molar-refractivity contribution in [2.75, 3.05) is 52.3 Å². The molecule has 2 bridgehead atoms. The molecule has 6 aliphatic rings. The van der Waals surface area contributed by atoms with Crippen LogP contribution in [0.3, 0.4) is 0 Å². The van der Waals surface area contributed by atoms with Crippen molar-refractivity contribution >= 4 is 40.7 Å². The minimum atomic E-state index is -2.27. The van der Waals surface area contributed by atoms with Crippen molar-refractivity contribution in [2.45, 2.75) is 80.6 Å². The van der Waals surface area contributed by atoms with Crippen LogP contribution in [0.1, 0.15) is 61.9 Å². The molecule has 0 radical (unpaired) electrons. The third-order valence-electron chi connectivity index (χ3n) is 14.2. The molecule has 1 spiro atoms. The van der Waals surface area contributed by atoms with Crippen LogP contribution < -0.4 is 14.7 Å². The number of aromatic nitrogens is 1. The number of hydrogen-bond donors (Lipinski definition) is 2. The summed E-state index contributed by atoms with van der Waals surface area (Å²) in [6.07, 6.45) is 8.39. The number of H-pyrrole nitrogens is 1. The van der Waals surface area contributed by atoms with E-state index < -0.39 is 52.4 Å². The van der Waals surface area contributed by atoms with Gasteiger partial charge in [0.05, 0.1) is 31.6 Å². The van der Waals surface area contributed by atoms with Gasteiger partial charge in [0, 0.05) is 90.1 Å². The Labute approximate surface area is 320 Å². The molecule has 9 atom stereocenters. The fourth-order valence-corrected chi connectivity index (χ4v) is 12.3. The number of fused-ring (bicyclic) bond motifs is 6. The Bertz CT molecular complexity index is 2180. The molecule has 12 heteroatoms. The number of methoxy groups -OCH3 is 2. The van der Waals surface area contributed by atoms with E-state index in [2.05, 4.69) is 33.7 Å². The van der Waals surface area contributed by atoms with E-state index >= 15 is 0 Å². The van der Waals surface area contributed by atoms with Crippen molar-refractivity contribution in [3.63, 3.8) is 0 Å². The zero-order valence-electron chi connectivity index (χ0n) is 32.2. The summed E-state index contributed by atoms with van der Waals surface area (Å²) in [6, 6.07) is 10.7. The number of nitrogens with one attached hydrogen (secondary N) is 1. The van der Waals surface area contributed by atoms with Gasteiger partial charge in [0.1, 0.15) is 25.1 Å². The summed E-state index contributed by atoms with van der Waals surface area (Å²) in [6.45, 7) is 6.28. The Hall–Kier alpha value is -4.68. The highest BCUT2D eigenvalue weighted by Crippen LogP contribution is 2.64. The first-order valence-corrected chi connectivity index (χ1v) is 19.7. The second-order valence-electron chi connectivity index (χ2n) is 16.8. The average molecular weight is 751 g/mol. The molecule has 5 aliphatic heterocycles. The van der Waals surface area contributed by atoms with Crippen molar-refractivity contribution in [1.82, 2.24) is 9.88 Å². The zero-order chi connectivity index (χ0) is 38.6. The third-order valence-corrected chi connectivity index (χ3v) is 14.2. The predicted octanol–water partition coefficient (Wildman–Crippen LogP) is 2.45. The molecule has 2 aromatic carbocycles. The molecule has 12 nitrogen and oxygen atoms in total. The van der Waals surface area contributed by atoms with E-state index in [4.69, 9.17) is 14.2 Å². The number of aliphatic hydroxyl groups is 1. The van der Waals surface area contributed by atoms with Gasteiger partial charge in [-0.3, -0.25) is 9.69 Å². The van der Waals surface area contributed by atoms with Crippen LogP contribution in [0.4, 0.5) is 5.69 Å². The second kappa shape index (κ2) is 12.7. The number of anilines is 1. The van der Waals surface area contributed by atoms with E-state index in [0.29, 0.717) is 61.0 Å². The molecule has 290 valence electrons. The lowest BCUT2D eigenvalue weighted by Crippen LogP contribution is -2.78. The fourth-order valence-electron chi connectivity index (χ4n) is 12.3. The minimum absolute atomic E-state index is 0.0372. The number of carbonyl (C=O) groups is 3. The average Bonchev–Trinajstić information content (AvgIpc) is 3.84. The van der Waals surface area contributed by atoms with Crippen molar-refractivity contribution in [3.05, 3.63) is 70.9 Å². The van der Waals surface area contributed by atoms with Gasteiger partial charge in [-0.2, -0.15) is 0 Å². The number of carbonyl (C=O) groups excluding carboxylic acids is 3. The summed E-state index contributed by atoms with van der Waals surface area (Å²) in [4.78, 5) is 49.1. The fraction of sp³-hybridized carbons (Fsp3) is 0.535. The van der Waals surface area contributed by atoms with Crippen LogP contribution in [0.5, 0.6) is 5.75 Å². The highest BCUT2D eigenvalue weighted by Gasteiger charge is 2.76. The van der Waals surface area contributed by atoms with Crippen LogP contribution in [0.2, 0.25) is 0 Å². The lowest BCUT2D eigenvalue weighted by atomic mass is 9.54. The van der Waals surface area contributed by atoms with Gasteiger partial charge in [0.2, 0.25) is 5.60 Å². The van der Waals surface area contributed by atoms with Gasteiger partial charge in [-0.1, -0.05) is 37.3 Å². The van der Waals surface area contributed by atoms with Crippen molar-refractivity contribution in [2.24, 2.45) is 17.8 Å². The molecular weight excluding hydrogens is 700 g/mol. The van der Waals surface area contributed by atoms with E-state index in [-0.39, 0.29) is 12.0 Å². The second-order valence-corrected chi connectivity index (χ2v) is 16.8. The summed E-state index contributed by atoms with van der Waals surface area (Å²) in [7, 11) is 4.62. The van der Waals surface area contributed by atoms with Crippen LogP contribution in [0.25, 0.3) is 10.9 Å². The number of nitrogens with zero attached hydrogens (tertiary/aromatic N) is 3. The summed E-state index contributed by atoms with van der Waals surface area (Å²) in [5.41, 5.74) is -0.336. The molecule has 6 unspecified atom stereocenters. The minimum Gasteiger partial charge on any atom is -0.549 e. The number of ether oxygens (including phenoxy) is 3. The Balaban J connectivity index is 1.33. The Morgan fingerprint density at radius 2 is 1.95 bits per heavy atom.